The number of hydrogen-bond donors (Lipinski definition) is 1. The lowest BCUT2D eigenvalue weighted by molar-refractivity contribution is 0.0306. The van der Waals surface area contributed by atoms with Crippen molar-refractivity contribution in [3.8, 4) is 11.5 Å². The van der Waals surface area contributed by atoms with Gasteiger partial charge in [-0.3, -0.25) is 9.48 Å². The summed E-state index contributed by atoms with van der Waals surface area (Å²) in [5, 5.41) is 14.9. The van der Waals surface area contributed by atoms with E-state index in [0.29, 0.717) is 55.1 Å². The van der Waals surface area contributed by atoms with E-state index in [9.17, 15) is 9.90 Å². The molecular formula is C20H23N3O4. The van der Waals surface area contributed by atoms with Crippen molar-refractivity contribution in [1.29, 1.82) is 0 Å². The van der Waals surface area contributed by atoms with Crippen molar-refractivity contribution in [1.82, 2.24) is 14.7 Å². The van der Waals surface area contributed by atoms with Crippen LogP contribution in [-0.2, 0) is 0 Å². The summed E-state index contributed by atoms with van der Waals surface area (Å²) in [6.45, 7) is 2.46. The van der Waals surface area contributed by atoms with Crippen molar-refractivity contribution >= 4 is 5.91 Å². The monoisotopic (exact) mass is 369 g/mol. The van der Waals surface area contributed by atoms with Crippen molar-refractivity contribution in [2.45, 2.75) is 25.0 Å². The smallest absolute Gasteiger partial charge is 0.254 e. The van der Waals surface area contributed by atoms with Gasteiger partial charge in [0.2, 0.25) is 0 Å². The molecule has 7 nitrogen and oxygen atoms in total. The van der Waals surface area contributed by atoms with Crippen LogP contribution in [0.5, 0.6) is 11.5 Å². The summed E-state index contributed by atoms with van der Waals surface area (Å²) in [6.07, 6.45) is 4.78. The van der Waals surface area contributed by atoms with Crippen molar-refractivity contribution in [2.75, 3.05) is 26.3 Å². The molecule has 4 atom stereocenters. The number of rotatable bonds is 2. The maximum atomic E-state index is 13.0. The average Bonchev–Trinajstić information content (AvgIpc) is 3.35. The predicted octanol–water partition coefficient (Wildman–Crippen LogP) is 1.74. The fraction of sp³-hybridized carbons (Fsp3) is 0.500. The van der Waals surface area contributed by atoms with Gasteiger partial charge in [-0.05, 0) is 48.9 Å². The molecule has 1 aromatic carbocycles. The van der Waals surface area contributed by atoms with Gasteiger partial charge in [-0.15, -0.1) is 0 Å². The van der Waals surface area contributed by atoms with Crippen molar-refractivity contribution in [2.24, 2.45) is 11.8 Å². The van der Waals surface area contributed by atoms with Crippen LogP contribution < -0.4 is 9.47 Å². The molecule has 1 aromatic heterocycles. The largest absolute Gasteiger partial charge is 0.486 e. The van der Waals surface area contributed by atoms with Gasteiger partial charge in [0.15, 0.2) is 11.5 Å². The first-order valence-corrected chi connectivity index (χ1v) is 9.55. The van der Waals surface area contributed by atoms with Crippen LogP contribution in [0.25, 0.3) is 0 Å². The van der Waals surface area contributed by atoms with Gasteiger partial charge in [-0.2, -0.15) is 5.10 Å². The van der Waals surface area contributed by atoms with Crippen LogP contribution in [0.4, 0.5) is 0 Å². The zero-order valence-electron chi connectivity index (χ0n) is 15.0. The van der Waals surface area contributed by atoms with Gasteiger partial charge in [0.1, 0.15) is 13.2 Å². The Morgan fingerprint density at radius 3 is 2.67 bits per heavy atom. The molecule has 1 saturated carbocycles. The summed E-state index contributed by atoms with van der Waals surface area (Å²) in [5.41, 5.74) is 0.627. The van der Waals surface area contributed by atoms with E-state index in [1.54, 1.807) is 18.3 Å². The first-order valence-electron chi connectivity index (χ1n) is 9.55. The van der Waals surface area contributed by atoms with Gasteiger partial charge in [0, 0.05) is 31.0 Å². The highest BCUT2D eigenvalue weighted by atomic mass is 16.6. The number of aliphatic hydroxyl groups excluding tert-OH is 1. The molecule has 142 valence electrons. The number of carbonyl (C=O) groups is 1. The fourth-order valence-corrected chi connectivity index (χ4v) is 4.69. The third-order valence-corrected chi connectivity index (χ3v) is 6.05. The molecule has 3 heterocycles. The molecule has 2 fully saturated rings. The molecule has 0 unspecified atom stereocenters. The number of hydrogen-bond acceptors (Lipinski definition) is 5. The van der Waals surface area contributed by atoms with Crippen LogP contribution in [0.15, 0.2) is 36.7 Å². The summed E-state index contributed by atoms with van der Waals surface area (Å²) in [4.78, 5) is 14.9. The number of aromatic nitrogens is 2. The maximum absolute atomic E-state index is 13.0. The van der Waals surface area contributed by atoms with Gasteiger partial charge in [0.25, 0.3) is 5.91 Å². The van der Waals surface area contributed by atoms with E-state index in [4.69, 9.17) is 9.47 Å². The molecule has 5 rings (SSSR count). The fourth-order valence-electron chi connectivity index (χ4n) is 4.69. The quantitative estimate of drug-likeness (QED) is 0.873. The molecule has 1 aliphatic carbocycles. The van der Waals surface area contributed by atoms with Crippen molar-refractivity contribution in [3.05, 3.63) is 42.2 Å². The van der Waals surface area contributed by atoms with Crippen molar-refractivity contribution < 1.29 is 19.4 Å². The highest BCUT2D eigenvalue weighted by Crippen LogP contribution is 2.41. The number of carbonyl (C=O) groups excluding carboxylic acids is 1. The zero-order chi connectivity index (χ0) is 18.4. The normalized spacial score (nSPS) is 29.4. The van der Waals surface area contributed by atoms with Crippen LogP contribution in [-0.4, -0.2) is 58.1 Å². The molecular weight excluding hydrogens is 346 g/mol. The second-order valence-corrected chi connectivity index (χ2v) is 7.68. The molecule has 1 amide bonds. The van der Waals surface area contributed by atoms with E-state index in [2.05, 4.69) is 5.10 Å². The van der Waals surface area contributed by atoms with Gasteiger partial charge in [-0.25, -0.2) is 0 Å². The first kappa shape index (κ1) is 16.6. The minimum absolute atomic E-state index is 0.00871. The van der Waals surface area contributed by atoms with E-state index in [-0.39, 0.29) is 11.9 Å². The molecule has 1 saturated heterocycles. The lowest BCUT2D eigenvalue weighted by Crippen LogP contribution is -2.36. The molecule has 0 bridgehead atoms. The van der Waals surface area contributed by atoms with E-state index in [1.807, 2.05) is 27.9 Å². The molecule has 27 heavy (non-hydrogen) atoms. The van der Waals surface area contributed by atoms with Crippen LogP contribution in [0.1, 0.15) is 29.2 Å². The Morgan fingerprint density at radius 1 is 1.11 bits per heavy atom. The molecule has 1 N–H and O–H groups in total. The van der Waals surface area contributed by atoms with Gasteiger partial charge in [0.05, 0.1) is 12.1 Å². The van der Waals surface area contributed by atoms with Crippen molar-refractivity contribution in [3.63, 3.8) is 0 Å². The van der Waals surface area contributed by atoms with E-state index in [1.165, 1.54) is 0 Å². The Kier molecular flexibility index (Phi) is 4.04. The standard InChI is InChI=1S/C20H23N3O4/c24-17-9-15-12-22(11-14(15)8-16(17)23-5-1-4-21-23)20(25)13-2-3-18-19(10-13)27-7-6-26-18/h1-5,10,14-17,24H,6-9,11-12H2/t14-,15+,16-,17-/m1/s1. The number of ether oxygens (including phenoxy) is 2. The number of benzene rings is 1. The topological polar surface area (TPSA) is 76.8 Å². The number of fused-ring (bicyclic) bond motifs is 2. The highest BCUT2D eigenvalue weighted by Gasteiger charge is 2.43. The number of amides is 1. The number of nitrogens with zero attached hydrogens (tertiary/aromatic N) is 3. The minimum atomic E-state index is -0.421. The molecule has 0 radical (unpaired) electrons. The Bertz CT molecular complexity index is 838. The molecule has 3 aliphatic rings. The molecule has 7 heteroatoms. The zero-order valence-corrected chi connectivity index (χ0v) is 15.0. The Labute approximate surface area is 157 Å². The third kappa shape index (κ3) is 2.96. The second kappa shape index (κ2) is 6.56. The summed E-state index contributed by atoms with van der Waals surface area (Å²) in [6, 6.07) is 7.26. The molecule has 0 spiro atoms. The SMILES string of the molecule is O=C(c1ccc2c(c1)OCCO2)N1C[C@H]2C[C@@H](n3cccn3)[C@H](O)C[C@H]2C1. The van der Waals surface area contributed by atoms with Crippen LogP contribution in [0.3, 0.4) is 0 Å². The van der Waals surface area contributed by atoms with E-state index < -0.39 is 6.10 Å². The average molecular weight is 369 g/mol. The summed E-state index contributed by atoms with van der Waals surface area (Å²) in [7, 11) is 0. The van der Waals surface area contributed by atoms with Crippen LogP contribution in [0, 0.1) is 11.8 Å². The van der Waals surface area contributed by atoms with E-state index >= 15 is 0 Å². The first-order chi connectivity index (χ1) is 13.2. The Hall–Kier alpha value is -2.54. The predicted molar refractivity (Wildman–Crippen MR) is 96.8 cm³/mol. The maximum Gasteiger partial charge on any atom is 0.254 e. The van der Waals surface area contributed by atoms with Gasteiger partial charge >= 0.3 is 0 Å². The van der Waals surface area contributed by atoms with Gasteiger partial charge < -0.3 is 19.5 Å². The van der Waals surface area contributed by atoms with Crippen LogP contribution in [0.2, 0.25) is 0 Å². The Morgan fingerprint density at radius 2 is 1.89 bits per heavy atom. The number of likely N-dealkylation sites (tertiary alicyclic amines) is 1. The van der Waals surface area contributed by atoms with E-state index in [0.717, 1.165) is 13.0 Å². The lowest BCUT2D eigenvalue weighted by atomic mass is 9.77. The summed E-state index contributed by atoms with van der Waals surface area (Å²) < 4.78 is 13.0. The molecule has 2 aliphatic heterocycles. The minimum Gasteiger partial charge on any atom is -0.486 e. The summed E-state index contributed by atoms with van der Waals surface area (Å²) >= 11 is 0. The Balaban J connectivity index is 1.31. The molecule has 2 aromatic rings. The summed E-state index contributed by atoms with van der Waals surface area (Å²) in [5.74, 6) is 2.08. The number of aliphatic hydroxyl groups is 1. The third-order valence-electron chi connectivity index (χ3n) is 6.05. The van der Waals surface area contributed by atoms with Gasteiger partial charge in [-0.1, -0.05) is 0 Å². The van der Waals surface area contributed by atoms with Crippen LogP contribution >= 0.6 is 0 Å². The lowest BCUT2D eigenvalue weighted by Gasteiger charge is -2.35. The highest BCUT2D eigenvalue weighted by molar-refractivity contribution is 5.95. The second-order valence-electron chi connectivity index (χ2n) is 7.68.